The topological polar surface area (TPSA) is 191 Å². The fraction of sp³-hybridized carbons (Fsp3) is 0.583. The maximum Gasteiger partial charge on any atom is 0.326 e. The molecule has 0 spiro atoms. The van der Waals surface area contributed by atoms with Crippen LogP contribution in [0.25, 0.3) is 0 Å². The van der Waals surface area contributed by atoms with E-state index in [1.54, 1.807) is 0 Å². The molecule has 0 bridgehead atoms. The summed E-state index contributed by atoms with van der Waals surface area (Å²) in [6.45, 7) is 6.66. The number of amides is 3. The third-order valence-electron chi connectivity index (χ3n) is 5.71. The Hall–Kier alpha value is -3.18. The number of aromatic hydroxyl groups is 1. The van der Waals surface area contributed by atoms with Gasteiger partial charge < -0.3 is 37.0 Å². The maximum atomic E-state index is 12.9. The average molecular weight is 495 g/mol. The number of benzene rings is 1. The van der Waals surface area contributed by atoms with Gasteiger partial charge in [0, 0.05) is 6.42 Å². The largest absolute Gasteiger partial charge is 0.508 e. The number of carboxylic acids is 1. The Bertz CT molecular complexity index is 860. The van der Waals surface area contributed by atoms with Crippen LogP contribution < -0.4 is 21.7 Å². The molecule has 0 saturated heterocycles. The summed E-state index contributed by atoms with van der Waals surface area (Å²) in [5.41, 5.74) is 6.52. The number of carboxylic acid groups (broad SMARTS) is 1. The van der Waals surface area contributed by atoms with Crippen LogP contribution in [0.2, 0.25) is 0 Å². The van der Waals surface area contributed by atoms with Crippen molar-refractivity contribution in [3.05, 3.63) is 29.8 Å². The maximum absolute atomic E-state index is 12.9. The molecule has 1 aromatic rings. The highest BCUT2D eigenvalue weighted by Gasteiger charge is 2.31. The third kappa shape index (κ3) is 9.91. The number of carbonyl (C=O) groups is 4. The molecule has 0 radical (unpaired) electrons. The minimum Gasteiger partial charge on any atom is -0.508 e. The summed E-state index contributed by atoms with van der Waals surface area (Å²) in [4.78, 5) is 49.7. The van der Waals surface area contributed by atoms with Crippen LogP contribution in [0.5, 0.6) is 5.75 Å². The zero-order valence-corrected chi connectivity index (χ0v) is 20.7. The fourth-order valence-corrected chi connectivity index (χ4v) is 3.29. The lowest BCUT2D eigenvalue weighted by atomic mass is 9.97. The zero-order chi connectivity index (χ0) is 26.7. The quantitative estimate of drug-likeness (QED) is 0.186. The number of carbonyl (C=O) groups excluding carboxylic acids is 3. The number of aliphatic hydroxyl groups excluding tert-OH is 1. The van der Waals surface area contributed by atoms with Crippen molar-refractivity contribution in [2.24, 2.45) is 17.6 Å². The highest BCUT2D eigenvalue weighted by molar-refractivity contribution is 5.94. The summed E-state index contributed by atoms with van der Waals surface area (Å²) in [5, 5.41) is 35.9. The first kappa shape index (κ1) is 29.9. The Morgan fingerprint density at radius 2 is 1.40 bits per heavy atom. The van der Waals surface area contributed by atoms with E-state index in [0.717, 1.165) is 0 Å². The van der Waals surface area contributed by atoms with Crippen molar-refractivity contribution < 1.29 is 34.5 Å². The molecule has 11 nitrogen and oxygen atoms in total. The summed E-state index contributed by atoms with van der Waals surface area (Å²) in [6.07, 6.45) is 0.868. The number of phenols is 1. The van der Waals surface area contributed by atoms with Crippen LogP contribution in [0.1, 0.15) is 46.1 Å². The Labute approximate surface area is 205 Å². The number of nitrogens with one attached hydrogen (secondary N) is 3. The minimum atomic E-state index is -1.43. The monoisotopic (exact) mass is 494 g/mol. The van der Waals surface area contributed by atoms with Gasteiger partial charge in [-0.1, -0.05) is 46.2 Å². The SMILES string of the molecule is CCC(C)C(N)C(=O)NC(CC(C)C)C(=O)NC(CO)C(=O)NC(Cc1ccc(O)cc1)C(=O)O. The van der Waals surface area contributed by atoms with Crippen LogP contribution in [0, 0.1) is 11.8 Å². The summed E-state index contributed by atoms with van der Waals surface area (Å²) < 4.78 is 0. The zero-order valence-electron chi connectivity index (χ0n) is 20.7. The molecular weight excluding hydrogens is 456 g/mol. The van der Waals surface area contributed by atoms with Crippen LogP contribution in [0.4, 0.5) is 0 Å². The van der Waals surface area contributed by atoms with Crippen molar-refractivity contribution in [1.82, 2.24) is 16.0 Å². The lowest BCUT2D eigenvalue weighted by Gasteiger charge is -2.26. The summed E-state index contributed by atoms with van der Waals surface area (Å²) in [7, 11) is 0. The van der Waals surface area contributed by atoms with Gasteiger partial charge in [-0.05, 0) is 36.0 Å². The normalized spacial score (nSPS) is 15.4. The van der Waals surface area contributed by atoms with Crippen LogP contribution >= 0.6 is 0 Å². The highest BCUT2D eigenvalue weighted by Crippen LogP contribution is 2.12. The van der Waals surface area contributed by atoms with Crippen molar-refractivity contribution in [1.29, 1.82) is 0 Å². The molecule has 0 heterocycles. The molecular formula is C24H38N4O7. The standard InChI is InChI=1S/C24H38N4O7/c1-5-14(4)20(25)23(33)26-17(10-13(2)3)21(31)28-19(12-29)22(32)27-18(24(34)35)11-15-6-8-16(30)9-7-15/h6-9,13-14,17-20,29-30H,5,10-12,25H2,1-4H3,(H,26,33)(H,27,32)(H,28,31)(H,34,35). The molecule has 5 unspecified atom stereocenters. The molecule has 0 aliphatic heterocycles. The number of phenolic OH excluding ortho intramolecular Hbond substituents is 1. The van der Waals surface area contributed by atoms with E-state index in [-0.39, 0.29) is 30.4 Å². The van der Waals surface area contributed by atoms with E-state index < -0.39 is 54.5 Å². The molecule has 0 aromatic heterocycles. The van der Waals surface area contributed by atoms with Crippen LogP contribution in [0.3, 0.4) is 0 Å². The second-order valence-corrected chi connectivity index (χ2v) is 9.12. The van der Waals surface area contributed by atoms with Gasteiger partial charge in [-0.15, -0.1) is 0 Å². The van der Waals surface area contributed by atoms with E-state index in [1.165, 1.54) is 24.3 Å². The first-order valence-corrected chi connectivity index (χ1v) is 11.7. The van der Waals surface area contributed by atoms with Crippen LogP contribution in [-0.4, -0.2) is 69.8 Å². The van der Waals surface area contributed by atoms with Gasteiger partial charge in [0.15, 0.2) is 0 Å². The Balaban J connectivity index is 2.89. The Kier molecular flexibility index (Phi) is 12.2. The van der Waals surface area contributed by atoms with Gasteiger partial charge in [-0.25, -0.2) is 4.79 Å². The minimum absolute atomic E-state index is 0.0147. The number of aliphatic hydroxyl groups is 1. The molecule has 1 aromatic carbocycles. The molecule has 1 rings (SSSR count). The van der Waals surface area contributed by atoms with Crippen molar-refractivity contribution in [2.75, 3.05) is 6.61 Å². The van der Waals surface area contributed by atoms with Crippen molar-refractivity contribution in [3.8, 4) is 5.75 Å². The Morgan fingerprint density at radius 3 is 1.89 bits per heavy atom. The van der Waals surface area contributed by atoms with Gasteiger partial charge in [0.05, 0.1) is 12.6 Å². The molecule has 11 heteroatoms. The first-order chi connectivity index (χ1) is 16.4. The van der Waals surface area contributed by atoms with Gasteiger partial charge in [0.1, 0.15) is 23.9 Å². The van der Waals surface area contributed by atoms with Gasteiger partial charge in [-0.2, -0.15) is 0 Å². The molecule has 3 amide bonds. The first-order valence-electron chi connectivity index (χ1n) is 11.7. The van der Waals surface area contributed by atoms with Crippen molar-refractivity contribution >= 4 is 23.7 Å². The van der Waals surface area contributed by atoms with Gasteiger partial charge in [0.25, 0.3) is 0 Å². The number of hydrogen-bond donors (Lipinski definition) is 7. The number of rotatable bonds is 14. The van der Waals surface area contributed by atoms with E-state index in [1.807, 2.05) is 27.7 Å². The molecule has 35 heavy (non-hydrogen) atoms. The van der Waals surface area contributed by atoms with Crippen LogP contribution in [0.15, 0.2) is 24.3 Å². The van der Waals surface area contributed by atoms with E-state index in [2.05, 4.69) is 16.0 Å². The van der Waals surface area contributed by atoms with E-state index in [4.69, 9.17) is 5.73 Å². The van der Waals surface area contributed by atoms with Crippen LogP contribution in [-0.2, 0) is 25.6 Å². The highest BCUT2D eigenvalue weighted by atomic mass is 16.4. The van der Waals surface area contributed by atoms with E-state index in [9.17, 15) is 34.5 Å². The molecule has 0 aliphatic rings. The second-order valence-electron chi connectivity index (χ2n) is 9.12. The fourth-order valence-electron chi connectivity index (χ4n) is 3.29. The molecule has 0 fully saturated rings. The smallest absolute Gasteiger partial charge is 0.326 e. The van der Waals surface area contributed by atoms with Crippen molar-refractivity contribution in [2.45, 2.75) is 71.1 Å². The summed E-state index contributed by atoms with van der Waals surface area (Å²) in [5.74, 6) is -3.45. The number of nitrogens with two attached hydrogens (primary N) is 1. The average Bonchev–Trinajstić information content (AvgIpc) is 2.81. The van der Waals surface area contributed by atoms with Gasteiger partial charge in [-0.3, -0.25) is 14.4 Å². The predicted octanol–water partition coefficient (Wildman–Crippen LogP) is -0.114. The Morgan fingerprint density at radius 1 is 0.886 bits per heavy atom. The predicted molar refractivity (Wildman–Crippen MR) is 129 cm³/mol. The van der Waals surface area contributed by atoms with Gasteiger partial charge >= 0.3 is 5.97 Å². The number of hydrogen-bond acceptors (Lipinski definition) is 7. The number of aliphatic carboxylic acids is 1. The lowest BCUT2D eigenvalue weighted by molar-refractivity contribution is -0.142. The van der Waals surface area contributed by atoms with Gasteiger partial charge in [0.2, 0.25) is 17.7 Å². The van der Waals surface area contributed by atoms with E-state index >= 15 is 0 Å². The lowest BCUT2D eigenvalue weighted by Crippen LogP contribution is -2.58. The van der Waals surface area contributed by atoms with E-state index in [0.29, 0.717) is 12.0 Å². The molecule has 0 aliphatic carbocycles. The molecule has 5 atom stereocenters. The molecule has 8 N–H and O–H groups in total. The molecule has 196 valence electrons. The third-order valence-corrected chi connectivity index (χ3v) is 5.71. The second kappa shape index (κ2) is 14.3. The molecule has 0 saturated carbocycles. The summed E-state index contributed by atoms with van der Waals surface area (Å²) >= 11 is 0. The van der Waals surface area contributed by atoms with Crippen molar-refractivity contribution in [3.63, 3.8) is 0 Å². The summed E-state index contributed by atoms with van der Waals surface area (Å²) in [6, 6.07) is 1.25.